The van der Waals surface area contributed by atoms with Gasteiger partial charge in [0.2, 0.25) is 0 Å². The van der Waals surface area contributed by atoms with Gasteiger partial charge in [-0.25, -0.2) is 0 Å². The van der Waals surface area contributed by atoms with Crippen molar-refractivity contribution in [2.75, 3.05) is 7.05 Å². The van der Waals surface area contributed by atoms with Crippen molar-refractivity contribution < 1.29 is 4.79 Å². The number of halogens is 2. The van der Waals surface area contributed by atoms with E-state index in [1.165, 1.54) is 0 Å². The van der Waals surface area contributed by atoms with Crippen LogP contribution in [0.3, 0.4) is 0 Å². The summed E-state index contributed by atoms with van der Waals surface area (Å²) in [6, 6.07) is 1.63. The molecule has 1 heterocycles. The largest absolute Gasteiger partial charge is 0.354 e. The molecule has 0 saturated carbocycles. The Morgan fingerprint density at radius 2 is 2.45 bits per heavy atom. The second kappa shape index (κ2) is 3.28. The second-order valence-corrected chi connectivity index (χ2v) is 3.16. The van der Waals surface area contributed by atoms with Gasteiger partial charge in [-0.1, -0.05) is 11.6 Å². The Morgan fingerprint density at radius 1 is 1.82 bits per heavy atom. The summed E-state index contributed by atoms with van der Waals surface area (Å²) in [7, 11) is 1.56. The molecule has 1 rings (SSSR count). The lowest BCUT2D eigenvalue weighted by Gasteiger charge is -1.92. The Kier molecular flexibility index (Phi) is 2.57. The van der Waals surface area contributed by atoms with Crippen LogP contribution in [0.15, 0.2) is 10.5 Å². The molecule has 0 aliphatic carbocycles. The second-order valence-electron chi connectivity index (χ2n) is 1.92. The van der Waals surface area contributed by atoms with Crippen molar-refractivity contribution in [1.29, 1.82) is 0 Å². The Hall–Kier alpha value is -0.480. The molecule has 11 heavy (non-hydrogen) atoms. The number of nitrogens with one attached hydrogen (secondary N) is 2. The van der Waals surface area contributed by atoms with Crippen LogP contribution < -0.4 is 5.32 Å². The number of rotatable bonds is 1. The van der Waals surface area contributed by atoms with Crippen LogP contribution in [0.25, 0.3) is 0 Å². The van der Waals surface area contributed by atoms with Gasteiger partial charge >= 0.3 is 0 Å². The zero-order chi connectivity index (χ0) is 8.43. The van der Waals surface area contributed by atoms with Crippen LogP contribution in [0.1, 0.15) is 10.5 Å². The molecule has 0 bridgehead atoms. The highest BCUT2D eigenvalue weighted by Crippen LogP contribution is 2.22. The number of carbonyl (C=O) groups excluding carboxylic acids is 1. The molecule has 60 valence electrons. The zero-order valence-corrected chi connectivity index (χ0v) is 8.08. The summed E-state index contributed by atoms with van der Waals surface area (Å²) in [5.74, 6) is -0.183. The molecule has 0 aliphatic rings. The Labute approximate surface area is 77.3 Å². The SMILES string of the molecule is CNC(=O)c1cc(Br)c(Cl)[nH]1. The van der Waals surface area contributed by atoms with Crippen molar-refractivity contribution in [3.8, 4) is 0 Å². The first kappa shape index (κ1) is 8.62. The summed E-state index contributed by atoms with van der Waals surface area (Å²) >= 11 is 8.82. The molecule has 0 fully saturated rings. The average Bonchev–Trinajstić information content (AvgIpc) is 2.31. The minimum absolute atomic E-state index is 0.183. The Bertz CT molecular complexity index is 265. The lowest BCUT2D eigenvalue weighted by atomic mass is 10.4. The van der Waals surface area contributed by atoms with Gasteiger partial charge in [0, 0.05) is 7.05 Å². The van der Waals surface area contributed by atoms with Crippen molar-refractivity contribution in [3.05, 3.63) is 21.4 Å². The summed E-state index contributed by atoms with van der Waals surface area (Å²) in [4.78, 5) is 13.7. The number of aromatic nitrogens is 1. The van der Waals surface area contributed by atoms with Gasteiger partial charge in [-0.3, -0.25) is 4.79 Å². The van der Waals surface area contributed by atoms with Gasteiger partial charge < -0.3 is 10.3 Å². The van der Waals surface area contributed by atoms with E-state index in [2.05, 4.69) is 26.2 Å². The van der Waals surface area contributed by atoms with E-state index < -0.39 is 0 Å². The molecule has 2 N–H and O–H groups in total. The highest BCUT2D eigenvalue weighted by atomic mass is 79.9. The van der Waals surface area contributed by atoms with Crippen molar-refractivity contribution >= 4 is 33.4 Å². The van der Waals surface area contributed by atoms with E-state index in [1.807, 2.05) is 0 Å². The monoisotopic (exact) mass is 236 g/mol. The predicted octanol–water partition coefficient (Wildman–Crippen LogP) is 1.79. The standard InChI is InChI=1S/C6H6BrClN2O/c1-9-6(11)4-2-3(7)5(8)10-4/h2,10H,1H3,(H,9,11). The summed E-state index contributed by atoms with van der Waals surface area (Å²) in [6.07, 6.45) is 0. The lowest BCUT2D eigenvalue weighted by Crippen LogP contribution is -2.17. The van der Waals surface area contributed by atoms with Crippen LogP contribution in [0.4, 0.5) is 0 Å². The van der Waals surface area contributed by atoms with Crippen molar-refractivity contribution in [2.24, 2.45) is 0 Å². The van der Waals surface area contributed by atoms with Crippen molar-refractivity contribution in [3.63, 3.8) is 0 Å². The van der Waals surface area contributed by atoms with E-state index in [0.717, 1.165) is 0 Å². The molecule has 1 amide bonds. The number of aromatic amines is 1. The van der Waals surface area contributed by atoms with Gasteiger partial charge in [0.05, 0.1) is 4.47 Å². The van der Waals surface area contributed by atoms with Gasteiger partial charge in [-0.15, -0.1) is 0 Å². The fraction of sp³-hybridized carbons (Fsp3) is 0.167. The van der Waals surface area contributed by atoms with E-state index >= 15 is 0 Å². The topological polar surface area (TPSA) is 44.9 Å². The molecular weight excluding hydrogens is 231 g/mol. The molecule has 1 aromatic heterocycles. The first-order valence-electron chi connectivity index (χ1n) is 2.91. The number of hydrogen-bond acceptors (Lipinski definition) is 1. The number of hydrogen-bond donors (Lipinski definition) is 2. The first-order valence-corrected chi connectivity index (χ1v) is 4.08. The molecular formula is C6H6BrClN2O. The normalized spacial score (nSPS) is 9.73. The molecule has 0 unspecified atom stereocenters. The molecule has 0 spiro atoms. The maximum atomic E-state index is 11.0. The van der Waals surface area contributed by atoms with E-state index in [0.29, 0.717) is 15.3 Å². The molecule has 0 aliphatic heterocycles. The summed E-state index contributed by atoms with van der Waals surface area (Å²) in [6.45, 7) is 0. The molecule has 0 atom stereocenters. The Morgan fingerprint density at radius 3 is 2.82 bits per heavy atom. The molecule has 1 aromatic rings. The predicted molar refractivity (Wildman–Crippen MR) is 46.9 cm³/mol. The molecule has 5 heteroatoms. The van der Waals surface area contributed by atoms with Crippen LogP contribution in [0.2, 0.25) is 5.15 Å². The first-order chi connectivity index (χ1) is 5.15. The third kappa shape index (κ3) is 1.75. The average molecular weight is 237 g/mol. The van der Waals surface area contributed by atoms with Crippen LogP contribution in [0, 0.1) is 0 Å². The third-order valence-electron chi connectivity index (χ3n) is 1.20. The number of H-pyrrole nitrogens is 1. The van der Waals surface area contributed by atoms with Gasteiger partial charge in [0.1, 0.15) is 10.8 Å². The minimum atomic E-state index is -0.183. The minimum Gasteiger partial charge on any atom is -0.354 e. The summed E-state index contributed by atoms with van der Waals surface area (Å²) in [5.41, 5.74) is 0.448. The van der Waals surface area contributed by atoms with E-state index in [-0.39, 0.29) is 5.91 Å². The van der Waals surface area contributed by atoms with Crippen LogP contribution in [-0.2, 0) is 0 Å². The van der Waals surface area contributed by atoms with Crippen LogP contribution in [-0.4, -0.2) is 17.9 Å². The quantitative estimate of drug-likeness (QED) is 0.768. The van der Waals surface area contributed by atoms with E-state index in [4.69, 9.17) is 11.6 Å². The fourth-order valence-corrected chi connectivity index (χ4v) is 1.15. The molecule has 0 saturated heterocycles. The van der Waals surface area contributed by atoms with E-state index in [1.54, 1.807) is 13.1 Å². The lowest BCUT2D eigenvalue weighted by molar-refractivity contribution is 0.0959. The van der Waals surface area contributed by atoms with Gasteiger partial charge in [-0.05, 0) is 22.0 Å². The summed E-state index contributed by atoms with van der Waals surface area (Å²) in [5, 5.41) is 2.91. The highest BCUT2D eigenvalue weighted by Gasteiger charge is 2.08. The van der Waals surface area contributed by atoms with Crippen molar-refractivity contribution in [1.82, 2.24) is 10.3 Å². The maximum absolute atomic E-state index is 11.0. The van der Waals surface area contributed by atoms with Gasteiger partial charge in [-0.2, -0.15) is 0 Å². The molecule has 3 nitrogen and oxygen atoms in total. The van der Waals surface area contributed by atoms with E-state index in [9.17, 15) is 4.79 Å². The summed E-state index contributed by atoms with van der Waals surface area (Å²) < 4.78 is 0.692. The number of carbonyl (C=O) groups is 1. The smallest absolute Gasteiger partial charge is 0.267 e. The van der Waals surface area contributed by atoms with Crippen LogP contribution in [0.5, 0.6) is 0 Å². The zero-order valence-electron chi connectivity index (χ0n) is 5.74. The number of amides is 1. The highest BCUT2D eigenvalue weighted by molar-refractivity contribution is 9.10. The van der Waals surface area contributed by atoms with Gasteiger partial charge in [0.25, 0.3) is 5.91 Å². The van der Waals surface area contributed by atoms with Crippen molar-refractivity contribution in [2.45, 2.75) is 0 Å². The molecule has 0 radical (unpaired) electrons. The van der Waals surface area contributed by atoms with Crippen LogP contribution >= 0.6 is 27.5 Å². The Balaban J connectivity index is 2.97. The molecule has 0 aromatic carbocycles. The fourth-order valence-electron chi connectivity index (χ4n) is 0.661. The van der Waals surface area contributed by atoms with Gasteiger partial charge in [0.15, 0.2) is 0 Å². The third-order valence-corrected chi connectivity index (χ3v) is 2.35. The maximum Gasteiger partial charge on any atom is 0.267 e.